The quantitative estimate of drug-likeness (QED) is 0.678. The summed E-state index contributed by atoms with van der Waals surface area (Å²) in [5.74, 6) is -0.131. The van der Waals surface area contributed by atoms with Crippen LogP contribution in [0.15, 0.2) is 47.1 Å². The molecule has 0 saturated carbocycles. The minimum atomic E-state index is -0.131. The van der Waals surface area contributed by atoms with Gasteiger partial charge < -0.3 is 5.73 Å². The van der Waals surface area contributed by atoms with Gasteiger partial charge in [0.2, 0.25) is 5.78 Å². The molecular weight excluding hydrogens is 268 g/mol. The molecule has 0 aliphatic heterocycles. The number of pyridine rings is 1. The first-order valence-electron chi connectivity index (χ1n) is 4.68. The van der Waals surface area contributed by atoms with E-state index in [1.54, 1.807) is 42.6 Å². The van der Waals surface area contributed by atoms with Crippen molar-refractivity contribution in [3.05, 3.63) is 58.3 Å². The summed E-state index contributed by atoms with van der Waals surface area (Å²) in [4.78, 5) is 16.0. The lowest BCUT2D eigenvalue weighted by molar-refractivity contribution is 0.103. The summed E-state index contributed by atoms with van der Waals surface area (Å²) in [6.07, 6.45) is 1.59. The van der Waals surface area contributed by atoms with Crippen molar-refractivity contribution >= 4 is 27.4 Å². The number of hydrogen-bond acceptors (Lipinski definition) is 3. The summed E-state index contributed by atoms with van der Waals surface area (Å²) in [6.45, 7) is 0. The predicted octanol–water partition coefficient (Wildman–Crippen LogP) is 2.66. The number of aromatic nitrogens is 1. The molecule has 0 amide bonds. The van der Waals surface area contributed by atoms with E-state index in [0.29, 0.717) is 16.9 Å². The molecule has 1 heterocycles. The molecule has 0 aliphatic rings. The first-order valence-corrected chi connectivity index (χ1v) is 5.48. The Kier molecular flexibility index (Phi) is 3.01. The monoisotopic (exact) mass is 276 g/mol. The maximum atomic E-state index is 12.0. The van der Waals surface area contributed by atoms with Crippen LogP contribution in [-0.2, 0) is 0 Å². The Morgan fingerprint density at radius 2 is 2.06 bits per heavy atom. The molecule has 0 unspecified atom stereocenters. The number of nitrogen functional groups attached to an aromatic ring is 1. The van der Waals surface area contributed by atoms with E-state index in [2.05, 4.69) is 20.9 Å². The van der Waals surface area contributed by atoms with Crippen LogP contribution in [0.4, 0.5) is 5.69 Å². The third-order valence-corrected chi connectivity index (χ3v) is 2.54. The van der Waals surface area contributed by atoms with Gasteiger partial charge in [-0.15, -0.1) is 0 Å². The molecule has 0 saturated heterocycles. The second-order valence-corrected chi connectivity index (χ2v) is 4.23. The summed E-state index contributed by atoms with van der Waals surface area (Å²) in [6, 6.07) is 10.3. The molecular formula is C12H9BrN2O. The Bertz CT molecular complexity index is 506. The molecule has 1 aromatic carbocycles. The zero-order chi connectivity index (χ0) is 11.5. The van der Waals surface area contributed by atoms with Crippen molar-refractivity contribution in [2.24, 2.45) is 0 Å². The molecule has 1 aromatic heterocycles. The Balaban J connectivity index is 2.42. The molecule has 2 rings (SSSR count). The molecule has 4 heteroatoms. The van der Waals surface area contributed by atoms with Crippen LogP contribution in [0.2, 0.25) is 0 Å². The molecule has 2 N–H and O–H groups in total. The van der Waals surface area contributed by atoms with E-state index in [4.69, 9.17) is 5.73 Å². The Hall–Kier alpha value is -1.68. The zero-order valence-electron chi connectivity index (χ0n) is 8.35. The highest BCUT2D eigenvalue weighted by Gasteiger charge is 2.10. The minimum absolute atomic E-state index is 0.131. The number of rotatable bonds is 2. The van der Waals surface area contributed by atoms with Crippen molar-refractivity contribution in [2.75, 3.05) is 5.73 Å². The minimum Gasteiger partial charge on any atom is -0.399 e. The lowest BCUT2D eigenvalue weighted by atomic mass is 10.1. The van der Waals surface area contributed by atoms with Gasteiger partial charge >= 0.3 is 0 Å². The summed E-state index contributed by atoms with van der Waals surface area (Å²) >= 11 is 3.30. The van der Waals surface area contributed by atoms with Crippen LogP contribution >= 0.6 is 15.9 Å². The van der Waals surface area contributed by atoms with Crippen molar-refractivity contribution < 1.29 is 4.79 Å². The molecule has 0 bridgehead atoms. The number of nitrogens with zero attached hydrogens (tertiary/aromatic N) is 1. The SMILES string of the molecule is Nc1cc(Br)cc(C(=O)c2ccccn2)c1. The van der Waals surface area contributed by atoms with Crippen LogP contribution in [-0.4, -0.2) is 10.8 Å². The van der Waals surface area contributed by atoms with Gasteiger partial charge in [-0.25, -0.2) is 0 Å². The van der Waals surface area contributed by atoms with Crippen LogP contribution in [0, 0.1) is 0 Å². The van der Waals surface area contributed by atoms with Gasteiger partial charge in [0.1, 0.15) is 5.69 Å². The smallest absolute Gasteiger partial charge is 0.211 e. The number of carbonyl (C=O) groups is 1. The van der Waals surface area contributed by atoms with Crippen LogP contribution in [0.3, 0.4) is 0 Å². The first kappa shape index (κ1) is 10.8. The maximum Gasteiger partial charge on any atom is 0.211 e. The molecule has 0 atom stereocenters. The Morgan fingerprint density at radius 3 is 2.69 bits per heavy atom. The second-order valence-electron chi connectivity index (χ2n) is 3.32. The average Bonchev–Trinajstić information content (AvgIpc) is 2.28. The highest BCUT2D eigenvalue weighted by molar-refractivity contribution is 9.10. The van der Waals surface area contributed by atoms with Gasteiger partial charge in [0, 0.05) is 21.9 Å². The standard InChI is InChI=1S/C12H9BrN2O/c13-9-5-8(6-10(14)7-9)12(16)11-3-1-2-4-15-11/h1-7H,14H2. The van der Waals surface area contributed by atoms with Crippen molar-refractivity contribution in [1.29, 1.82) is 0 Å². The van der Waals surface area contributed by atoms with E-state index in [-0.39, 0.29) is 5.78 Å². The van der Waals surface area contributed by atoms with Crippen LogP contribution < -0.4 is 5.73 Å². The molecule has 3 nitrogen and oxygen atoms in total. The lowest BCUT2D eigenvalue weighted by Gasteiger charge is -2.02. The van der Waals surface area contributed by atoms with E-state index in [1.807, 2.05) is 0 Å². The van der Waals surface area contributed by atoms with Gasteiger partial charge in [0.25, 0.3) is 0 Å². The Labute approximate surface area is 101 Å². The Morgan fingerprint density at radius 1 is 1.25 bits per heavy atom. The van der Waals surface area contributed by atoms with Gasteiger partial charge in [0.05, 0.1) is 0 Å². The summed E-state index contributed by atoms with van der Waals surface area (Å²) < 4.78 is 0.784. The topological polar surface area (TPSA) is 56.0 Å². The number of nitrogens with two attached hydrogens (primary N) is 1. The van der Waals surface area contributed by atoms with Gasteiger partial charge in [0.15, 0.2) is 0 Å². The van der Waals surface area contributed by atoms with E-state index in [1.165, 1.54) is 0 Å². The van der Waals surface area contributed by atoms with Gasteiger partial charge in [-0.3, -0.25) is 9.78 Å². The van der Waals surface area contributed by atoms with Crippen molar-refractivity contribution in [3.63, 3.8) is 0 Å². The van der Waals surface area contributed by atoms with Gasteiger partial charge in [-0.05, 0) is 30.3 Å². The molecule has 0 aliphatic carbocycles. The van der Waals surface area contributed by atoms with E-state index in [0.717, 1.165) is 4.47 Å². The number of hydrogen-bond donors (Lipinski definition) is 1. The van der Waals surface area contributed by atoms with Crippen LogP contribution in [0.1, 0.15) is 16.1 Å². The molecule has 16 heavy (non-hydrogen) atoms. The molecule has 80 valence electrons. The third-order valence-electron chi connectivity index (χ3n) is 2.08. The highest BCUT2D eigenvalue weighted by atomic mass is 79.9. The number of halogens is 1. The maximum absolute atomic E-state index is 12.0. The number of benzene rings is 1. The highest BCUT2D eigenvalue weighted by Crippen LogP contribution is 2.19. The van der Waals surface area contributed by atoms with Crippen molar-refractivity contribution in [1.82, 2.24) is 4.98 Å². The van der Waals surface area contributed by atoms with E-state index >= 15 is 0 Å². The molecule has 0 spiro atoms. The first-order chi connectivity index (χ1) is 7.66. The fourth-order valence-electron chi connectivity index (χ4n) is 1.39. The van der Waals surface area contributed by atoms with Gasteiger partial charge in [-0.2, -0.15) is 0 Å². The predicted molar refractivity (Wildman–Crippen MR) is 66.2 cm³/mol. The average molecular weight is 277 g/mol. The van der Waals surface area contributed by atoms with Crippen molar-refractivity contribution in [2.45, 2.75) is 0 Å². The number of carbonyl (C=O) groups excluding carboxylic acids is 1. The molecule has 0 fully saturated rings. The molecule has 2 aromatic rings. The summed E-state index contributed by atoms with van der Waals surface area (Å²) in [7, 11) is 0. The summed E-state index contributed by atoms with van der Waals surface area (Å²) in [5, 5.41) is 0. The van der Waals surface area contributed by atoms with E-state index < -0.39 is 0 Å². The fraction of sp³-hybridized carbons (Fsp3) is 0. The largest absolute Gasteiger partial charge is 0.399 e. The summed E-state index contributed by atoms with van der Waals surface area (Å²) in [5.41, 5.74) is 7.17. The van der Waals surface area contributed by atoms with Crippen LogP contribution in [0.25, 0.3) is 0 Å². The van der Waals surface area contributed by atoms with Crippen molar-refractivity contribution in [3.8, 4) is 0 Å². The number of anilines is 1. The third kappa shape index (κ3) is 2.28. The zero-order valence-corrected chi connectivity index (χ0v) is 9.94. The van der Waals surface area contributed by atoms with E-state index in [9.17, 15) is 4.79 Å². The van der Waals surface area contributed by atoms with Gasteiger partial charge in [-0.1, -0.05) is 22.0 Å². The lowest BCUT2D eigenvalue weighted by Crippen LogP contribution is -2.04. The number of ketones is 1. The fourth-order valence-corrected chi connectivity index (χ4v) is 1.90. The van der Waals surface area contributed by atoms with Crippen LogP contribution in [0.5, 0.6) is 0 Å². The normalized spacial score (nSPS) is 10.1. The molecule has 0 radical (unpaired) electrons. The second kappa shape index (κ2) is 4.45.